The molecule has 0 unspecified atom stereocenters. The molecule has 3 heteroatoms. The molecule has 0 fully saturated rings. The summed E-state index contributed by atoms with van der Waals surface area (Å²) in [6.45, 7) is 6.47. The van der Waals surface area contributed by atoms with Gasteiger partial charge in [-0.25, -0.2) is 0 Å². The van der Waals surface area contributed by atoms with Gasteiger partial charge in [-0.05, 0) is 61.3 Å². The summed E-state index contributed by atoms with van der Waals surface area (Å²) < 4.78 is 0. The van der Waals surface area contributed by atoms with Crippen LogP contribution in [0.2, 0.25) is 0 Å². The predicted molar refractivity (Wildman–Crippen MR) is 94.0 cm³/mol. The van der Waals surface area contributed by atoms with Gasteiger partial charge in [-0.15, -0.1) is 11.3 Å². The van der Waals surface area contributed by atoms with Crippen LogP contribution in [0.1, 0.15) is 51.5 Å². The quantitative estimate of drug-likeness (QED) is 0.849. The van der Waals surface area contributed by atoms with Crippen LogP contribution in [-0.4, -0.2) is 5.91 Å². The molecule has 2 aromatic rings. The third-order valence-electron chi connectivity index (χ3n) is 4.53. The van der Waals surface area contributed by atoms with E-state index in [0.29, 0.717) is 0 Å². The number of fused-ring (bicyclic) bond motifs is 1. The highest BCUT2D eigenvalue weighted by molar-refractivity contribution is 7.14. The SMILES string of the molecule is CCc1cccc(C)c1NC(=O)c1cc2c(s1)CC[C@H](C)C2. The van der Waals surface area contributed by atoms with Crippen LogP contribution in [-0.2, 0) is 19.3 Å². The van der Waals surface area contributed by atoms with Crippen molar-refractivity contribution in [2.75, 3.05) is 5.32 Å². The fourth-order valence-electron chi connectivity index (χ4n) is 3.19. The molecule has 22 heavy (non-hydrogen) atoms. The Morgan fingerprint density at radius 2 is 2.23 bits per heavy atom. The fourth-order valence-corrected chi connectivity index (χ4v) is 4.30. The number of anilines is 1. The van der Waals surface area contributed by atoms with E-state index in [0.717, 1.165) is 41.3 Å². The second-order valence-corrected chi connectivity index (χ2v) is 7.46. The van der Waals surface area contributed by atoms with Gasteiger partial charge < -0.3 is 5.32 Å². The van der Waals surface area contributed by atoms with E-state index in [1.807, 2.05) is 0 Å². The normalized spacial score (nSPS) is 17.1. The van der Waals surface area contributed by atoms with Gasteiger partial charge in [-0.3, -0.25) is 4.79 Å². The number of carbonyl (C=O) groups excluding carboxylic acids is 1. The number of carbonyl (C=O) groups is 1. The average molecular weight is 313 g/mol. The molecule has 1 atom stereocenters. The second kappa shape index (κ2) is 6.25. The molecule has 0 radical (unpaired) electrons. The van der Waals surface area contributed by atoms with Gasteiger partial charge in [-0.1, -0.05) is 32.0 Å². The molecule has 0 spiro atoms. The van der Waals surface area contributed by atoms with Crippen molar-refractivity contribution < 1.29 is 4.79 Å². The molecular weight excluding hydrogens is 290 g/mol. The highest BCUT2D eigenvalue weighted by Crippen LogP contribution is 2.33. The van der Waals surface area contributed by atoms with E-state index in [9.17, 15) is 4.79 Å². The highest BCUT2D eigenvalue weighted by atomic mass is 32.1. The van der Waals surface area contributed by atoms with Crippen LogP contribution in [0, 0.1) is 12.8 Å². The lowest BCUT2D eigenvalue weighted by molar-refractivity contribution is 0.103. The molecular formula is C19H23NOS. The summed E-state index contributed by atoms with van der Waals surface area (Å²) in [5, 5.41) is 3.14. The Hall–Kier alpha value is -1.61. The van der Waals surface area contributed by atoms with E-state index in [4.69, 9.17) is 0 Å². The van der Waals surface area contributed by atoms with E-state index in [2.05, 4.69) is 50.4 Å². The lowest BCUT2D eigenvalue weighted by atomic mass is 9.90. The van der Waals surface area contributed by atoms with Crippen molar-refractivity contribution in [1.29, 1.82) is 0 Å². The topological polar surface area (TPSA) is 29.1 Å². The Morgan fingerprint density at radius 3 is 3.00 bits per heavy atom. The van der Waals surface area contributed by atoms with E-state index in [1.165, 1.54) is 22.4 Å². The van der Waals surface area contributed by atoms with Crippen LogP contribution in [0.15, 0.2) is 24.3 Å². The van der Waals surface area contributed by atoms with E-state index in [-0.39, 0.29) is 5.91 Å². The lowest BCUT2D eigenvalue weighted by Gasteiger charge is -2.16. The maximum atomic E-state index is 12.6. The number of hydrogen-bond donors (Lipinski definition) is 1. The van der Waals surface area contributed by atoms with Crippen LogP contribution < -0.4 is 5.32 Å². The molecule has 3 rings (SSSR count). The van der Waals surface area contributed by atoms with Crippen molar-refractivity contribution >= 4 is 22.9 Å². The molecule has 2 nitrogen and oxygen atoms in total. The minimum Gasteiger partial charge on any atom is -0.321 e. The van der Waals surface area contributed by atoms with Gasteiger partial charge >= 0.3 is 0 Å². The van der Waals surface area contributed by atoms with E-state index in [1.54, 1.807) is 11.3 Å². The molecule has 1 aromatic heterocycles. The third kappa shape index (κ3) is 2.95. The molecule has 1 N–H and O–H groups in total. The Bertz CT molecular complexity index is 701. The monoisotopic (exact) mass is 313 g/mol. The van der Waals surface area contributed by atoms with Gasteiger partial charge in [0.1, 0.15) is 0 Å². The van der Waals surface area contributed by atoms with Crippen LogP contribution in [0.4, 0.5) is 5.69 Å². The van der Waals surface area contributed by atoms with Crippen molar-refractivity contribution in [3.05, 3.63) is 50.7 Å². The Balaban J connectivity index is 1.84. The number of rotatable bonds is 3. The maximum Gasteiger partial charge on any atom is 0.265 e. The fraction of sp³-hybridized carbons (Fsp3) is 0.421. The summed E-state index contributed by atoms with van der Waals surface area (Å²) >= 11 is 1.67. The van der Waals surface area contributed by atoms with Crippen molar-refractivity contribution in [3.8, 4) is 0 Å². The average Bonchev–Trinajstić information content (AvgIpc) is 2.92. The number of thiophene rings is 1. The minimum atomic E-state index is 0.0380. The molecule has 1 heterocycles. The van der Waals surface area contributed by atoms with Gasteiger partial charge in [-0.2, -0.15) is 0 Å². The zero-order chi connectivity index (χ0) is 15.7. The minimum absolute atomic E-state index is 0.0380. The first-order valence-electron chi connectivity index (χ1n) is 8.10. The van der Waals surface area contributed by atoms with Gasteiger partial charge in [0.25, 0.3) is 5.91 Å². The largest absolute Gasteiger partial charge is 0.321 e. The molecule has 1 aromatic carbocycles. The van der Waals surface area contributed by atoms with E-state index < -0.39 is 0 Å². The molecule has 1 aliphatic carbocycles. The smallest absolute Gasteiger partial charge is 0.265 e. The van der Waals surface area contributed by atoms with E-state index >= 15 is 0 Å². The Morgan fingerprint density at radius 1 is 1.41 bits per heavy atom. The summed E-state index contributed by atoms with van der Waals surface area (Å²) in [5.74, 6) is 0.775. The predicted octanol–water partition coefficient (Wildman–Crippen LogP) is 5.00. The van der Waals surface area contributed by atoms with Gasteiger partial charge in [0, 0.05) is 10.6 Å². The van der Waals surface area contributed by atoms with Gasteiger partial charge in [0.2, 0.25) is 0 Å². The molecule has 0 saturated heterocycles. The number of aryl methyl sites for hydroxylation is 3. The molecule has 116 valence electrons. The number of hydrogen-bond acceptors (Lipinski definition) is 2. The van der Waals surface area contributed by atoms with Crippen molar-refractivity contribution in [3.63, 3.8) is 0 Å². The number of benzene rings is 1. The zero-order valence-corrected chi connectivity index (χ0v) is 14.3. The number of para-hydroxylation sites is 1. The van der Waals surface area contributed by atoms with Crippen LogP contribution in [0.5, 0.6) is 0 Å². The second-order valence-electron chi connectivity index (χ2n) is 6.32. The van der Waals surface area contributed by atoms with Crippen molar-refractivity contribution in [1.82, 2.24) is 0 Å². The summed E-state index contributed by atoms with van der Waals surface area (Å²) in [7, 11) is 0. The first-order chi connectivity index (χ1) is 10.6. The van der Waals surface area contributed by atoms with Crippen molar-refractivity contribution in [2.45, 2.75) is 46.5 Å². The third-order valence-corrected chi connectivity index (χ3v) is 5.77. The van der Waals surface area contributed by atoms with Crippen LogP contribution in [0.25, 0.3) is 0 Å². The molecule has 0 aliphatic heterocycles. The van der Waals surface area contributed by atoms with Gasteiger partial charge in [0.05, 0.1) is 4.88 Å². The van der Waals surface area contributed by atoms with Crippen LogP contribution in [0.3, 0.4) is 0 Å². The summed E-state index contributed by atoms with van der Waals surface area (Å²) in [5.41, 5.74) is 4.69. The Kier molecular flexibility index (Phi) is 4.34. The number of amides is 1. The summed E-state index contributed by atoms with van der Waals surface area (Å²) in [4.78, 5) is 14.9. The first kappa shape index (κ1) is 15.3. The Labute approximate surface area is 136 Å². The standard InChI is InChI=1S/C19H23NOS/c1-4-14-7-5-6-13(3)18(14)20-19(21)17-11-15-10-12(2)8-9-16(15)22-17/h5-7,11-12H,4,8-10H2,1-3H3,(H,20,21)/t12-/m0/s1. The molecule has 0 saturated carbocycles. The highest BCUT2D eigenvalue weighted by Gasteiger charge is 2.21. The van der Waals surface area contributed by atoms with Crippen molar-refractivity contribution in [2.24, 2.45) is 5.92 Å². The summed E-state index contributed by atoms with van der Waals surface area (Å²) in [6, 6.07) is 8.30. The first-order valence-corrected chi connectivity index (χ1v) is 8.91. The van der Waals surface area contributed by atoms with Crippen LogP contribution >= 0.6 is 11.3 Å². The molecule has 1 amide bonds. The lowest BCUT2D eigenvalue weighted by Crippen LogP contribution is -2.13. The molecule has 1 aliphatic rings. The number of nitrogens with one attached hydrogen (secondary N) is 1. The maximum absolute atomic E-state index is 12.6. The van der Waals surface area contributed by atoms with Gasteiger partial charge in [0.15, 0.2) is 0 Å². The zero-order valence-electron chi connectivity index (χ0n) is 13.5. The summed E-state index contributed by atoms with van der Waals surface area (Å²) in [6.07, 6.45) is 4.41. The molecule has 0 bridgehead atoms.